The fraction of sp³-hybridized carbons (Fsp3) is 0.0870. The first-order valence-electron chi connectivity index (χ1n) is 9.58. The number of carbonyl (C=O) groups excluding carboxylic acids is 2. The Bertz CT molecular complexity index is 1140. The smallest absolute Gasteiger partial charge is 0.271 e. The molecule has 0 saturated carbocycles. The normalized spacial score (nSPS) is 10.5. The number of anilines is 1. The monoisotopic (exact) mass is 432 g/mol. The molecular formula is C23H20N4O5. The topological polar surface area (TPSA) is 123 Å². The first-order chi connectivity index (χ1) is 15.4. The summed E-state index contributed by atoms with van der Waals surface area (Å²) in [4.78, 5) is 33.6. The van der Waals surface area contributed by atoms with E-state index in [9.17, 15) is 19.7 Å². The summed E-state index contributed by atoms with van der Waals surface area (Å²) in [5.41, 5.74) is 4.92. The first kappa shape index (κ1) is 22.2. The molecule has 2 N–H and O–H groups in total. The summed E-state index contributed by atoms with van der Waals surface area (Å²) in [6.07, 6.45) is 1.50. The number of hydrazone groups is 1. The van der Waals surface area contributed by atoms with Crippen molar-refractivity contribution >= 4 is 29.4 Å². The van der Waals surface area contributed by atoms with Gasteiger partial charge in [-0.15, -0.1) is 0 Å². The van der Waals surface area contributed by atoms with E-state index < -0.39 is 10.8 Å². The van der Waals surface area contributed by atoms with Gasteiger partial charge in [-0.25, -0.2) is 5.43 Å². The van der Waals surface area contributed by atoms with E-state index in [0.717, 1.165) is 11.1 Å². The van der Waals surface area contributed by atoms with Gasteiger partial charge in [-0.3, -0.25) is 19.7 Å². The van der Waals surface area contributed by atoms with Crippen LogP contribution >= 0.6 is 0 Å². The van der Waals surface area contributed by atoms with Crippen LogP contribution in [0, 0.1) is 10.1 Å². The Balaban J connectivity index is 1.51. The van der Waals surface area contributed by atoms with Crippen LogP contribution in [0.3, 0.4) is 0 Å². The van der Waals surface area contributed by atoms with E-state index in [4.69, 9.17) is 4.74 Å². The fourth-order valence-corrected chi connectivity index (χ4v) is 2.70. The number of rotatable bonds is 8. The summed E-state index contributed by atoms with van der Waals surface area (Å²) in [5.74, 6) is -0.00317. The lowest BCUT2D eigenvalue weighted by atomic mass is 10.2. The van der Waals surface area contributed by atoms with E-state index in [0.29, 0.717) is 17.0 Å². The molecule has 32 heavy (non-hydrogen) atoms. The lowest BCUT2D eigenvalue weighted by molar-refractivity contribution is -0.384. The predicted octanol–water partition coefficient (Wildman–Crippen LogP) is 3.90. The highest BCUT2D eigenvalue weighted by Crippen LogP contribution is 2.16. The molecule has 0 fully saturated rings. The second-order valence-corrected chi connectivity index (χ2v) is 6.74. The molecule has 0 saturated heterocycles. The molecule has 0 atom stereocenters. The Morgan fingerprint density at radius 3 is 2.44 bits per heavy atom. The van der Waals surface area contributed by atoms with Crippen molar-refractivity contribution in [2.75, 3.05) is 5.32 Å². The minimum absolute atomic E-state index is 0.0323. The number of non-ortho nitro benzene ring substituents is 1. The minimum Gasteiger partial charge on any atom is -0.489 e. The van der Waals surface area contributed by atoms with Crippen molar-refractivity contribution in [3.63, 3.8) is 0 Å². The molecule has 3 rings (SSSR count). The van der Waals surface area contributed by atoms with Gasteiger partial charge < -0.3 is 10.1 Å². The molecule has 9 heteroatoms. The van der Waals surface area contributed by atoms with E-state index >= 15 is 0 Å². The third-order valence-corrected chi connectivity index (χ3v) is 4.26. The predicted molar refractivity (Wildman–Crippen MR) is 120 cm³/mol. The molecule has 162 valence electrons. The van der Waals surface area contributed by atoms with Gasteiger partial charge in [0.1, 0.15) is 12.4 Å². The van der Waals surface area contributed by atoms with Crippen LogP contribution in [-0.4, -0.2) is 23.0 Å². The van der Waals surface area contributed by atoms with Gasteiger partial charge in [-0.2, -0.15) is 5.10 Å². The number of hydrogen-bond acceptors (Lipinski definition) is 6. The number of benzene rings is 3. The van der Waals surface area contributed by atoms with Crippen LogP contribution in [0.1, 0.15) is 28.4 Å². The van der Waals surface area contributed by atoms with Gasteiger partial charge in [0.15, 0.2) is 0 Å². The molecule has 0 aliphatic rings. The SMILES string of the molecule is CC(=O)Nc1cccc(C(=O)NN=Cc2ccc(OCc3ccc([N+](=O)[O-])cc3)cc2)c1. The van der Waals surface area contributed by atoms with Crippen molar-refractivity contribution < 1.29 is 19.2 Å². The molecule has 0 radical (unpaired) electrons. The maximum atomic E-state index is 12.2. The first-order valence-corrected chi connectivity index (χ1v) is 9.58. The van der Waals surface area contributed by atoms with E-state index in [1.807, 2.05) is 0 Å². The molecule has 3 aromatic rings. The minimum atomic E-state index is -0.448. The zero-order valence-corrected chi connectivity index (χ0v) is 17.1. The molecule has 0 aromatic heterocycles. The molecule has 0 aliphatic carbocycles. The van der Waals surface area contributed by atoms with Gasteiger partial charge in [0.05, 0.1) is 11.1 Å². The Morgan fingerprint density at radius 2 is 1.78 bits per heavy atom. The van der Waals surface area contributed by atoms with Crippen molar-refractivity contribution in [2.24, 2.45) is 5.10 Å². The highest BCUT2D eigenvalue weighted by molar-refractivity contribution is 5.97. The molecule has 9 nitrogen and oxygen atoms in total. The summed E-state index contributed by atoms with van der Waals surface area (Å²) in [5, 5.41) is 17.2. The summed E-state index contributed by atoms with van der Waals surface area (Å²) in [7, 11) is 0. The molecule has 0 bridgehead atoms. The van der Waals surface area contributed by atoms with Gasteiger partial charge in [-0.1, -0.05) is 6.07 Å². The number of carbonyl (C=O) groups is 2. The van der Waals surface area contributed by atoms with Crippen LogP contribution < -0.4 is 15.5 Å². The maximum Gasteiger partial charge on any atom is 0.271 e. The van der Waals surface area contributed by atoms with Crippen LogP contribution in [0.5, 0.6) is 5.75 Å². The molecule has 3 aromatic carbocycles. The zero-order chi connectivity index (χ0) is 22.9. The third kappa shape index (κ3) is 6.49. The van der Waals surface area contributed by atoms with Crippen LogP contribution in [0.25, 0.3) is 0 Å². The number of nitrogens with one attached hydrogen (secondary N) is 2. The lowest BCUT2D eigenvalue weighted by Crippen LogP contribution is -2.18. The van der Waals surface area contributed by atoms with Gasteiger partial charge in [0.2, 0.25) is 5.91 Å². The number of hydrogen-bond donors (Lipinski definition) is 2. The Kier molecular flexibility index (Phi) is 7.26. The van der Waals surface area contributed by atoms with E-state index in [2.05, 4.69) is 15.8 Å². The van der Waals surface area contributed by atoms with Gasteiger partial charge in [0.25, 0.3) is 11.6 Å². The highest BCUT2D eigenvalue weighted by atomic mass is 16.6. The van der Waals surface area contributed by atoms with Gasteiger partial charge in [0, 0.05) is 30.3 Å². The number of amides is 2. The average Bonchev–Trinajstić information content (AvgIpc) is 2.78. The summed E-state index contributed by atoms with van der Waals surface area (Å²) in [6, 6.07) is 19.8. The van der Waals surface area contributed by atoms with Crippen molar-refractivity contribution in [3.8, 4) is 5.75 Å². The summed E-state index contributed by atoms with van der Waals surface area (Å²) in [6.45, 7) is 1.67. The Morgan fingerprint density at radius 1 is 1.06 bits per heavy atom. The molecule has 2 amide bonds. The number of nitro benzene ring substituents is 1. The van der Waals surface area contributed by atoms with Gasteiger partial charge >= 0.3 is 0 Å². The van der Waals surface area contributed by atoms with Crippen LogP contribution in [0.2, 0.25) is 0 Å². The third-order valence-electron chi connectivity index (χ3n) is 4.26. The summed E-state index contributed by atoms with van der Waals surface area (Å²) >= 11 is 0. The number of nitro groups is 1. The molecule has 0 spiro atoms. The molecule has 0 aliphatic heterocycles. The molecule has 0 unspecified atom stereocenters. The van der Waals surface area contributed by atoms with Crippen LogP contribution in [0.4, 0.5) is 11.4 Å². The fourth-order valence-electron chi connectivity index (χ4n) is 2.70. The van der Waals surface area contributed by atoms with Crippen molar-refractivity contribution in [2.45, 2.75) is 13.5 Å². The second kappa shape index (κ2) is 10.5. The van der Waals surface area contributed by atoms with Gasteiger partial charge in [-0.05, 0) is 65.7 Å². The molecular weight excluding hydrogens is 412 g/mol. The average molecular weight is 432 g/mol. The highest BCUT2D eigenvalue weighted by Gasteiger charge is 2.06. The lowest BCUT2D eigenvalue weighted by Gasteiger charge is -2.06. The zero-order valence-electron chi connectivity index (χ0n) is 17.1. The van der Waals surface area contributed by atoms with E-state index in [1.54, 1.807) is 60.7 Å². The molecule has 0 heterocycles. The van der Waals surface area contributed by atoms with Crippen molar-refractivity contribution in [3.05, 3.63) is 99.6 Å². The van der Waals surface area contributed by atoms with Crippen molar-refractivity contribution in [1.29, 1.82) is 0 Å². The largest absolute Gasteiger partial charge is 0.489 e. The van der Waals surface area contributed by atoms with E-state index in [-0.39, 0.29) is 18.2 Å². The summed E-state index contributed by atoms with van der Waals surface area (Å²) < 4.78 is 5.67. The maximum absolute atomic E-state index is 12.2. The quantitative estimate of drug-likeness (QED) is 0.317. The Hall–Kier alpha value is -4.53. The van der Waals surface area contributed by atoms with Crippen LogP contribution in [0.15, 0.2) is 77.9 Å². The Labute approximate surface area is 183 Å². The second-order valence-electron chi connectivity index (χ2n) is 6.74. The number of ether oxygens (including phenoxy) is 1. The standard InChI is InChI=1S/C23H20N4O5/c1-16(28)25-20-4-2-3-19(13-20)23(29)26-24-14-17-7-11-22(12-8-17)32-15-18-5-9-21(10-6-18)27(30)31/h2-14H,15H2,1H3,(H,25,28)(H,26,29). The van der Waals surface area contributed by atoms with E-state index in [1.165, 1.54) is 25.3 Å². The van der Waals surface area contributed by atoms with Crippen molar-refractivity contribution in [1.82, 2.24) is 5.43 Å². The number of nitrogens with zero attached hydrogens (tertiary/aromatic N) is 2. The van der Waals surface area contributed by atoms with Crippen LogP contribution in [-0.2, 0) is 11.4 Å².